The van der Waals surface area contributed by atoms with Gasteiger partial charge in [0, 0.05) is 52.2 Å². The molecule has 0 amide bonds. The highest BCUT2D eigenvalue weighted by molar-refractivity contribution is 4.73. The van der Waals surface area contributed by atoms with E-state index in [-0.39, 0.29) is 0 Å². The zero-order valence-corrected chi connectivity index (χ0v) is 9.95. The van der Waals surface area contributed by atoms with E-state index in [0.717, 1.165) is 19.6 Å². The Morgan fingerprint density at radius 2 is 1.87 bits per heavy atom. The van der Waals surface area contributed by atoms with Gasteiger partial charge in [0.15, 0.2) is 0 Å². The van der Waals surface area contributed by atoms with Crippen LogP contribution in [0.4, 0.5) is 0 Å². The molecule has 1 rings (SSSR count). The van der Waals surface area contributed by atoms with Crippen molar-refractivity contribution in [3.05, 3.63) is 0 Å². The first-order valence-electron chi connectivity index (χ1n) is 5.69. The number of rotatable bonds is 5. The highest BCUT2D eigenvalue weighted by atomic mass is 15.3. The van der Waals surface area contributed by atoms with Gasteiger partial charge in [-0.25, -0.2) is 0 Å². The number of hydrogen-bond donors (Lipinski definition) is 0. The number of nitriles is 1. The molecule has 1 saturated heterocycles. The Labute approximate surface area is 93.1 Å². The first-order valence-corrected chi connectivity index (χ1v) is 5.69. The zero-order chi connectivity index (χ0) is 11.1. The first kappa shape index (κ1) is 12.4. The Morgan fingerprint density at radius 3 is 2.47 bits per heavy atom. The number of piperazine rings is 1. The SMILES string of the molecule is CN(CCC#N)CCN1CCN(C)CC1. The average molecular weight is 210 g/mol. The second-order valence-electron chi connectivity index (χ2n) is 4.36. The Balaban J connectivity index is 2.07. The second kappa shape index (κ2) is 6.78. The summed E-state index contributed by atoms with van der Waals surface area (Å²) < 4.78 is 0. The molecule has 0 aliphatic carbocycles. The summed E-state index contributed by atoms with van der Waals surface area (Å²) in [6.07, 6.45) is 0.638. The van der Waals surface area contributed by atoms with Gasteiger partial charge in [0.25, 0.3) is 0 Å². The van der Waals surface area contributed by atoms with Gasteiger partial charge in [0.05, 0.1) is 6.07 Å². The van der Waals surface area contributed by atoms with Gasteiger partial charge in [-0.05, 0) is 14.1 Å². The molecule has 15 heavy (non-hydrogen) atoms. The van der Waals surface area contributed by atoms with Crippen molar-refractivity contribution in [2.45, 2.75) is 6.42 Å². The Morgan fingerprint density at radius 1 is 1.20 bits per heavy atom. The van der Waals surface area contributed by atoms with Crippen molar-refractivity contribution in [2.24, 2.45) is 0 Å². The van der Waals surface area contributed by atoms with Crippen LogP contribution in [0.25, 0.3) is 0 Å². The molecule has 0 N–H and O–H groups in total. The van der Waals surface area contributed by atoms with Crippen LogP contribution in [0.15, 0.2) is 0 Å². The first-order chi connectivity index (χ1) is 7.22. The van der Waals surface area contributed by atoms with Gasteiger partial charge in [-0.3, -0.25) is 4.90 Å². The van der Waals surface area contributed by atoms with Crippen molar-refractivity contribution >= 4 is 0 Å². The Kier molecular flexibility index (Phi) is 5.62. The summed E-state index contributed by atoms with van der Waals surface area (Å²) in [5.74, 6) is 0. The predicted octanol–water partition coefficient (Wildman–Crippen LogP) is 0.0793. The third-order valence-corrected chi connectivity index (χ3v) is 3.00. The fraction of sp³-hybridized carbons (Fsp3) is 0.909. The van der Waals surface area contributed by atoms with Crippen LogP contribution in [0.1, 0.15) is 6.42 Å². The molecule has 0 saturated carbocycles. The fourth-order valence-corrected chi connectivity index (χ4v) is 1.74. The van der Waals surface area contributed by atoms with Crippen molar-refractivity contribution in [1.29, 1.82) is 5.26 Å². The highest BCUT2D eigenvalue weighted by Gasteiger charge is 2.13. The minimum absolute atomic E-state index is 0.638. The van der Waals surface area contributed by atoms with Gasteiger partial charge in [-0.15, -0.1) is 0 Å². The van der Waals surface area contributed by atoms with Crippen LogP contribution in [0.2, 0.25) is 0 Å². The molecule has 1 aliphatic heterocycles. The van der Waals surface area contributed by atoms with Gasteiger partial charge in [0.2, 0.25) is 0 Å². The molecule has 0 atom stereocenters. The summed E-state index contributed by atoms with van der Waals surface area (Å²) in [5, 5.41) is 8.47. The van der Waals surface area contributed by atoms with Crippen molar-refractivity contribution in [3.8, 4) is 6.07 Å². The summed E-state index contributed by atoms with van der Waals surface area (Å²) in [6.45, 7) is 7.83. The molecule has 0 bridgehead atoms. The van der Waals surface area contributed by atoms with E-state index < -0.39 is 0 Å². The Bertz CT molecular complexity index is 203. The molecule has 1 aliphatic rings. The largest absolute Gasteiger partial charge is 0.304 e. The molecular formula is C11H22N4. The molecule has 1 fully saturated rings. The minimum Gasteiger partial charge on any atom is -0.304 e. The van der Waals surface area contributed by atoms with Gasteiger partial charge in [0.1, 0.15) is 0 Å². The van der Waals surface area contributed by atoms with E-state index >= 15 is 0 Å². The van der Waals surface area contributed by atoms with E-state index in [1.807, 2.05) is 0 Å². The lowest BCUT2D eigenvalue weighted by Crippen LogP contribution is -2.46. The molecule has 0 unspecified atom stereocenters. The quantitative estimate of drug-likeness (QED) is 0.643. The Hall–Kier alpha value is -0.630. The molecule has 0 aromatic heterocycles. The number of likely N-dealkylation sites (N-methyl/N-ethyl adjacent to an activating group) is 2. The van der Waals surface area contributed by atoms with Gasteiger partial charge < -0.3 is 9.80 Å². The van der Waals surface area contributed by atoms with Crippen molar-refractivity contribution in [2.75, 3.05) is 59.9 Å². The lowest BCUT2D eigenvalue weighted by atomic mass is 10.3. The van der Waals surface area contributed by atoms with Gasteiger partial charge >= 0.3 is 0 Å². The molecule has 0 aromatic carbocycles. The number of hydrogen-bond acceptors (Lipinski definition) is 4. The second-order valence-corrected chi connectivity index (χ2v) is 4.36. The third kappa shape index (κ3) is 5.12. The predicted molar refractivity (Wildman–Crippen MR) is 61.7 cm³/mol. The normalized spacial score (nSPS) is 19.3. The molecule has 4 heteroatoms. The molecule has 0 radical (unpaired) electrons. The summed E-state index contributed by atoms with van der Waals surface area (Å²) in [4.78, 5) is 7.11. The summed E-state index contributed by atoms with van der Waals surface area (Å²) in [5.41, 5.74) is 0. The van der Waals surface area contributed by atoms with Crippen molar-refractivity contribution in [1.82, 2.24) is 14.7 Å². The summed E-state index contributed by atoms with van der Waals surface area (Å²) in [7, 11) is 4.27. The van der Waals surface area contributed by atoms with E-state index in [1.165, 1.54) is 26.2 Å². The van der Waals surface area contributed by atoms with Crippen molar-refractivity contribution in [3.63, 3.8) is 0 Å². The number of nitrogens with zero attached hydrogens (tertiary/aromatic N) is 4. The highest BCUT2D eigenvalue weighted by Crippen LogP contribution is 1.99. The smallest absolute Gasteiger partial charge is 0.0635 e. The lowest BCUT2D eigenvalue weighted by Gasteiger charge is -2.33. The standard InChI is InChI=1S/C11H22N4/c1-13(5-3-4-12)6-9-15-10-7-14(2)8-11-15/h3,5-11H2,1-2H3. The van der Waals surface area contributed by atoms with Crippen LogP contribution < -0.4 is 0 Å². The van der Waals surface area contributed by atoms with Crippen LogP contribution in [0.5, 0.6) is 0 Å². The molecule has 0 spiro atoms. The molecular weight excluding hydrogens is 188 g/mol. The zero-order valence-electron chi connectivity index (χ0n) is 9.95. The minimum atomic E-state index is 0.638. The van der Waals surface area contributed by atoms with E-state index in [1.54, 1.807) is 0 Å². The topological polar surface area (TPSA) is 33.5 Å². The van der Waals surface area contributed by atoms with E-state index in [9.17, 15) is 0 Å². The molecule has 86 valence electrons. The van der Waals surface area contributed by atoms with Crippen LogP contribution in [0, 0.1) is 11.3 Å². The van der Waals surface area contributed by atoms with Crippen LogP contribution in [-0.2, 0) is 0 Å². The van der Waals surface area contributed by atoms with Crippen LogP contribution >= 0.6 is 0 Å². The average Bonchev–Trinajstić information content (AvgIpc) is 2.25. The maximum absolute atomic E-state index is 8.47. The molecule has 4 nitrogen and oxygen atoms in total. The summed E-state index contributed by atoms with van der Waals surface area (Å²) in [6, 6.07) is 2.18. The van der Waals surface area contributed by atoms with E-state index in [4.69, 9.17) is 5.26 Å². The van der Waals surface area contributed by atoms with Crippen LogP contribution in [0.3, 0.4) is 0 Å². The van der Waals surface area contributed by atoms with Gasteiger partial charge in [-0.1, -0.05) is 0 Å². The summed E-state index contributed by atoms with van der Waals surface area (Å²) >= 11 is 0. The lowest BCUT2D eigenvalue weighted by molar-refractivity contribution is 0.141. The maximum Gasteiger partial charge on any atom is 0.0635 e. The maximum atomic E-state index is 8.47. The van der Waals surface area contributed by atoms with Crippen LogP contribution in [-0.4, -0.2) is 74.6 Å². The fourth-order valence-electron chi connectivity index (χ4n) is 1.74. The monoisotopic (exact) mass is 210 g/mol. The molecule has 1 heterocycles. The van der Waals surface area contributed by atoms with Crippen molar-refractivity contribution < 1.29 is 0 Å². The third-order valence-electron chi connectivity index (χ3n) is 3.00. The van der Waals surface area contributed by atoms with Gasteiger partial charge in [-0.2, -0.15) is 5.26 Å². The van der Waals surface area contributed by atoms with E-state index in [2.05, 4.69) is 34.9 Å². The molecule has 0 aromatic rings. The van der Waals surface area contributed by atoms with E-state index in [0.29, 0.717) is 6.42 Å².